The molecule has 2 aliphatic rings. The number of benzene rings is 1. The van der Waals surface area contributed by atoms with E-state index in [1.54, 1.807) is 21.6 Å². The summed E-state index contributed by atoms with van der Waals surface area (Å²) in [5, 5.41) is 12.9. The van der Waals surface area contributed by atoms with Gasteiger partial charge in [-0.2, -0.15) is 10.2 Å². The van der Waals surface area contributed by atoms with Gasteiger partial charge in [0.1, 0.15) is 5.39 Å². The fourth-order valence-corrected chi connectivity index (χ4v) is 5.57. The van der Waals surface area contributed by atoms with Crippen LogP contribution in [-0.2, 0) is 16.7 Å². The Morgan fingerprint density at radius 3 is 2.59 bits per heavy atom. The molecule has 4 heterocycles. The SMILES string of the molecule is C=CCn1c(=O)c2cnc(Nc3ccc(C4CCC(C#N)CC4)cc3)nc2n1-c1cccc(C2(C)COC2)n1. The summed E-state index contributed by atoms with van der Waals surface area (Å²) in [6, 6.07) is 16.6. The van der Waals surface area contributed by atoms with Crippen LogP contribution in [0.15, 0.2) is 66.1 Å². The second-order valence-corrected chi connectivity index (χ2v) is 10.8. The van der Waals surface area contributed by atoms with Crippen molar-refractivity contribution in [3.63, 3.8) is 0 Å². The lowest BCUT2D eigenvalue weighted by Crippen LogP contribution is -2.44. The number of pyridine rings is 1. The predicted molar refractivity (Wildman–Crippen MR) is 149 cm³/mol. The van der Waals surface area contributed by atoms with Gasteiger partial charge in [-0.15, -0.1) is 6.58 Å². The molecule has 0 unspecified atom stereocenters. The zero-order valence-corrected chi connectivity index (χ0v) is 22.0. The molecule has 0 radical (unpaired) electrons. The third kappa shape index (κ3) is 4.61. The molecule has 2 fully saturated rings. The first-order valence-electron chi connectivity index (χ1n) is 13.4. The molecular formula is C30H31N7O2. The normalized spacial score (nSPS) is 20.2. The Morgan fingerprint density at radius 1 is 1.15 bits per heavy atom. The van der Waals surface area contributed by atoms with Crippen LogP contribution in [0.1, 0.15) is 49.8 Å². The quantitative estimate of drug-likeness (QED) is 0.341. The molecule has 1 aliphatic heterocycles. The Bertz CT molecular complexity index is 1620. The molecule has 1 saturated carbocycles. The summed E-state index contributed by atoms with van der Waals surface area (Å²) in [7, 11) is 0. The molecule has 0 bridgehead atoms. The minimum atomic E-state index is -0.197. The lowest BCUT2D eigenvalue weighted by atomic mass is 9.79. The van der Waals surface area contributed by atoms with Gasteiger partial charge in [-0.3, -0.25) is 4.79 Å². The average molecular weight is 522 g/mol. The third-order valence-electron chi connectivity index (χ3n) is 7.94. The number of rotatable bonds is 7. The summed E-state index contributed by atoms with van der Waals surface area (Å²) in [6.07, 6.45) is 7.27. The van der Waals surface area contributed by atoms with Gasteiger partial charge in [0, 0.05) is 17.8 Å². The Kier molecular flexibility index (Phi) is 6.49. The predicted octanol–water partition coefficient (Wildman–Crippen LogP) is 4.99. The van der Waals surface area contributed by atoms with Crippen molar-refractivity contribution in [3.8, 4) is 11.9 Å². The Labute approximate surface area is 226 Å². The zero-order valence-electron chi connectivity index (χ0n) is 22.0. The fourth-order valence-electron chi connectivity index (χ4n) is 5.57. The molecule has 9 nitrogen and oxygen atoms in total. The van der Waals surface area contributed by atoms with Gasteiger partial charge in [-0.05, 0) is 68.4 Å². The summed E-state index contributed by atoms with van der Waals surface area (Å²) in [6.45, 7) is 7.50. The van der Waals surface area contributed by atoms with E-state index in [1.807, 2.05) is 30.3 Å². The van der Waals surface area contributed by atoms with Gasteiger partial charge < -0.3 is 10.1 Å². The second-order valence-electron chi connectivity index (χ2n) is 10.8. The number of nitrogens with one attached hydrogen (secondary N) is 1. The van der Waals surface area contributed by atoms with Crippen molar-refractivity contribution in [2.45, 2.75) is 50.5 Å². The Morgan fingerprint density at radius 2 is 1.92 bits per heavy atom. The summed E-state index contributed by atoms with van der Waals surface area (Å²) in [5.41, 5.74) is 3.20. The van der Waals surface area contributed by atoms with Crippen LogP contribution in [0.25, 0.3) is 16.9 Å². The van der Waals surface area contributed by atoms with Gasteiger partial charge in [0.25, 0.3) is 5.56 Å². The number of allylic oxidation sites excluding steroid dienone is 1. The van der Waals surface area contributed by atoms with Crippen LogP contribution >= 0.6 is 0 Å². The molecule has 9 heteroatoms. The van der Waals surface area contributed by atoms with Crippen LogP contribution in [0.5, 0.6) is 0 Å². The van der Waals surface area contributed by atoms with Gasteiger partial charge in [0.05, 0.1) is 36.9 Å². The fraction of sp³-hybridized carbons (Fsp3) is 0.367. The monoisotopic (exact) mass is 521 g/mol. The molecule has 1 aromatic carbocycles. The van der Waals surface area contributed by atoms with E-state index in [0.717, 1.165) is 37.1 Å². The van der Waals surface area contributed by atoms with Crippen LogP contribution in [-0.4, -0.2) is 37.5 Å². The average Bonchev–Trinajstić information content (AvgIpc) is 3.23. The standard InChI is InChI=1S/C30H31N7O2/c1-3-15-36-28(38)24-17-32-29(33-23-13-11-22(12-14-23)21-9-7-20(16-31)8-10-21)35-27(24)37(36)26-6-4-5-25(34-26)30(2)18-39-19-30/h3-6,11-14,17,20-21H,1,7-10,15,18-19H2,2H3,(H,32,33,35). The lowest BCUT2D eigenvalue weighted by Gasteiger charge is -2.37. The molecule has 0 atom stereocenters. The number of nitriles is 1. The number of ether oxygens (including phenoxy) is 1. The smallest absolute Gasteiger partial charge is 0.278 e. The lowest BCUT2D eigenvalue weighted by molar-refractivity contribution is -0.0520. The molecule has 1 aliphatic carbocycles. The summed E-state index contributed by atoms with van der Waals surface area (Å²) in [4.78, 5) is 27.4. The number of anilines is 2. The largest absolute Gasteiger partial charge is 0.379 e. The molecule has 0 amide bonds. The molecule has 6 rings (SSSR count). The highest BCUT2D eigenvalue weighted by Gasteiger charge is 2.37. The van der Waals surface area contributed by atoms with E-state index in [0.29, 0.717) is 48.5 Å². The maximum atomic E-state index is 13.3. The first-order valence-corrected chi connectivity index (χ1v) is 13.4. The minimum Gasteiger partial charge on any atom is -0.379 e. The molecule has 1 N–H and O–H groups in total. The van der Waals surface area contributed by atoms with Crippen molar-refractivity contribution in [1.82, 2.24) is 24.3 Å². The van der Waals surface area contributed by atoms with Crippen LogP contribution in [0.3, 0.4) is 0 Å². The number of hydrogen-bond acceptors (Lipinski definition) is 7. The highest BCUT2D eigenvalue weighted by Crippen LogP contribution is 2.36. The van der Waals surface area contributed by atoms with Crippen molar-refractivity contribution >= 4 is 22.7 Å². The highest BCUT2D eigenvalue weighted by molar-refractivity contribution is 5.77. The van der Waals surface area contributed by atoms with Gasteiger partial charge >= 0.3 is 0 Å². The number of aromatic nitrogens is 5. The summed E-state index contributed by atoms with van der Waals surface area (Å²) >= 11 is 0. The molecule has 198 valence electrons. The van der Waals surface area contributed by atoms with E-state index in [2.05, 4.69) is 42.0 Å². The molecule has 0 spiro atoms. The van der Waals surface area contributed by atoms with Crippen LogP contribution in [0.4, 0.5) is 11.6 Å². The summed E-state index contributed by atoms with van der Waals surface area (Å²) in [5.74, 6) is 1.69. The number of nitrogens with zero attached hydrogens (tertiary/aromatic N) is 6. The second kappa shape index (κ2) is 10.1. The molecule has 4 aromatic rings. The van der Waals surface area contributed by atoms with E-state index >= 15 is 0 Å². The first-order chi connectivity index (χ1) is 19.0. The van der Waals surface area contributed by atoms with E-state index in [-0.39, 0.29) is 16.9 Å². The van der Waals surface area contributed by atoms with Crippen LogP contribution in [0, 0.1) is 17.2 Å². The van der Waals surface area contributed by atoms with E-state index < -0.39 is 0 Å². The van der Waals surface area contributed by atoms with Crippen molar-refractivity contribution in [2.24, 2.45) is 5.92 Å². The Hall–Kier alpha value is -4.29. The maximum Gasteiger partial charge on any atom is 0.278 e. The zero-order chi connectivity index (χ0) is 27.0. The molecule has 3 aromatic heterocycles. The molecule has 39 heavy (non-hydrogen) atoms. The first kappa shape index (κ1) is 25.0. The van der Waals surface area contributed by atoms with E-state index in [1.165, 1.54) is 5.56 Å². The van der Waals surface area contributed by atoms with Crippen LogP contribution < -0.4 is 10.9 Å². The molecular weight excluding hydrogens is 490 g/mol. The summed E-state index contributed by atoms with van der Waals surface area (Å²) < 4.78 is 8.77. The van der Waals surface area contributed by atoms with Gasteiger partial charge in [-0.25, -0.2) is 19.3 Å². The molecule has 1 saturated heterocycles. The highest BCUT2D eigenvalue weighted by atomic mass is 16.5. The van der Waals surface area contributed by atoms with Gasteiger partial charge in [0.15, 0.2) is 11.5 Å². The Balaban J connectivity index is 1.32. The van der Waals surface area contributed by atoms with Gasteiger partial charge in [0.2, 0.25) is 5.95 Å². The minimum absolute atomic E-state index is 0.147. The van der Waals surface area contributed by atoms with Crippen molar-refractivity contribution in [1.29, 1.82) is 5.26 Å². The van der Waals surface area contributed by atoms with Gasteiger partial charge in [-0.1, -0.05) is 24.3 Å². The maximum absolute atomic E-state index is 13.3. The van der Waals surface area contributed by atoms with Crippen molar-refractivity contribution in [3.05, 3.63) is 82.9 Å². The number of hydrogen-bond donors (Lipinski definition) is 1. The number of fused-ring (bicyclic) bond motifs is 1. The topological polar surface area (TPSA) is 111 Å². The van der Waals surface area contributed by atoms with Crippen LogP contribution in [0.2, 0.25) is 0 Å². The van der Waals surface area contributed by atoms with Crippen molar-refractivity contribution in [2.75, 3.05) is 18.5 Å². The van der Waals surface area contributed by atoms with Crippen molar-refractivity contribution < 1.29 is 4.74 Å². The third-order valence-corrected chi connectivity index (χ3v) is 7.94. The van der Waals surface area contributed by atoms with E-state index in [4.69, 9.17) is 20.0 Å². The van der Waals surface area contributed by atoms with E-state index in [9.17, 15) is 4.79 Å².